The van der Waals surface area contributed by atoms with E-state index in [0.717, 1.165) is 0 Å². The number of H-pyrrole nitrogens is 1. The van der Waals surface area contributed by atoms with Gasteiger partial charge in [-0.1, -0.05) is 0 Å². The molecule has 1 amide bonds. The number of nitrogens with one attached hydrogen (secondary N) is 2. The van der Waals surface area contributed by atoms with E-state index in [1.54, 1.807) is 6.92 Å². The smallest absolute Gasteiger partial charge is 0.302 e. The van der Waals surface area contributed by atoms with Gasteiger partial charge in [0, 0.05) is 25.8 Å². The summed E-state index contributed by atoms with van der Waals surface area (Å²) in [5.74, 6) is -0.599. The summed E-state index contributed by atoms with van der Waals surface area (Å²) in [4.78, 5) is 39.7. The van der Waals surface area contributed by atoms with Crippen LogP contribution in [-0.2, 0) is 20.7 Å². The quantitative estimate of drug-likeness (QED) is 0.743. The largest absolute Gasteiger partial charge is 0.466 e. The van der Waals surface area contributed by atoms with Crippen molar-refractivity contribution in [1.82, 2.24) is 9.97 Å². The molecule has 18 heavy (non-hydrogen) atoms. The minimum absolute atomic E-state index is 0.112. The Morgan fingerprint density at radius 3 is 2.56 bits per heavy atom. The van der Waals surface area contributed by atoms with Gasteiger partial charge in [0.05, 0.1) is 12.3 Å². The standard InChI is InChI=1S/C11H15N3O4/c1-6-9(4-5-18-8(3)16)10(17)14-11(12-6)13-7(2)15/h4-5H2,1-3H3,(H2,12,13,14,15,17). The van der Waals surface area contributed by atoms with Gasteiger partial charge in [0.25, 0.3) is 5.56 Å². The van der Waals surface area contributed by atoms with Gasteiger partial charge in [0.15, 0.2) is 0 Å². The average Bonchev–Trinajstić information content (AvgIpc) is 2.20. The molecule has 0 spiro atoms. The lowest BCUT2D eigenvalue weighted by Crippen LogP contribution is -2.22. The van der Waals surface area contributed by atoms with Crippen LogP contribution in [0.4, 0.5) is 5.95 Å². The molecule has 2 N–H and O–H groups in total. The summed E-state index contributed by atoms with van der Waals surface area (Å²) in [7, 11) is 0. The Bertz CT molecular complexity index is 522. The van der Waals surface area contributed by atoms with Crippen molar-refractivity contribution in [3.05, 3.63) is 21.6 Å². The molecule has 1 aromatic heterocycles. The zero-order valence-electron chi connectivity index (χ0n) is 10.5. The zero-order valence-corrected chi connectivity index (χ0v) is 10.5. The first-order valence-electron chi connectivity index (χ1n) is 5.41. The fraction of sp³-hybridized carbons (Fsp3) is 0.455. The van der Waals surface area contributed by atoms with Crippen molar-refractivity contribution in [2.75, 3.05) is 11.9 Å². The van der Waals surface area contributed by atoms with Crippen molar-refractivity contribution in [3.8, 4) is 0 Å². The molecule has 0 aliphatic rings. The molecule has 0 aliphatic carbocycles. The normalized spacial score (nSPS) is 9.94. The second kappa shape index (κ2) is 5.95. The van der Waals surface area contributed by atoms with E-state index in [0.29, 0.717) is 11.3 Å². The van der Waals surface area contributed by atoms with Crippen LogP contribution in [0.2, 0.25) is 0 Å². The third kappa shape index (κ3) is 4.00. The molecule has 1 aromatic rings. The molecule has 0 aliphatic heterocycles. The molecular weight excluding hydrogens is 238 g/mol. The molecule has 98 valence electrons. The molecule has 0 aromatic carbocycles. The highest BCUT2D eigenvalue weighted by molar-refractivity contribution is 5.86. The van der Waals surface area contributed by atoms with Gasteiger partial charge in [-0.05, 0) is 6.92 Å². The summed E-state index contributed by atoms with van der Waals surface area (Å²) in [6.45, 7) is 4.41. The van der Waals surface area contributed by atoms with E-state index in [2.05, 4.69) is 15.3 Å². The van der Waals surface area contributed by atoms with Crippen LogP contribution in [0, 0.1) is 6.92 Å². The topological polar surface area (TPSA) is 101 Å². The van der Waals surface area contributed by atoms with Crippen molar-refractivity contribution in [2.45, 2.75) is 27.2 Å². The molecule has 0 saturated carbocycles. The fourth-order valence-corrected chi connectivity index (χ4v) is 1.43. The van der Waals surface area contributed by atoms with E-state index in [9.17, 15) is 14.4 Å². The van der Waals surface area contributed by atoms with Gasteiger partial charge in [0.2, 0.25) is 11.9 Å². The molecular formula is C11H15N3O4. The van der Waals surface area contributed by atoms with E-state index in [-0.39, 0.29) is 30.4 Å². The number of hydrogen-bond acceptors (Lipinski definition) is 5. The maximum Gasteiger partial charge on any atom is 0.302 e. The Kier molecular flexibility index (Phi) is 4.59. The van der Waals surface area contributed by atoms with Crippen molar-refractivity contribution < 1.29 is 14.3 Å². The van der Waals surface area contributed by atoms with Crippen molar-refractivity contribution in [2.24, 2.45) is 0 Å². The predicted octanol–water partition coefficient (Wildman–Crippen LogP) is 0.142. The molecule has 0 radical (unpaired) electrons. The summed E-state index contributed by atoms with van der Waals surface area (Å²) < 4.78 is 4.76. The van der Waals surface area contributed by atoms with Crippen LogP contribution in [0.25, 0.3) is 0 Å². The second-order valence-corrected chi connectivity index (χ2v) is 3.75. The molecule has 0 saturated heterocycles. The van der Waals surface area contributed by atoms with Gasteiger partial charge >= 0.3 is 5.97 Å². The van der Waals surface area contributed by atoms with Gasteiger partial charge in [-0.3, -0.25) is 24.7 Å². The number of rotatable bonds is 4. The Hall–Kier alpha value is -2.18. The van der Waals surface area contributed by atoms with Gasteiger partial charge in [0.1, 0.15) is 0 Å². The highest BCUT2D eigenvalue weighted by Crippen LogP contribution is 2.03. The molecule has 7 heteroatoms. The number of aromatic nitrogens is 2. The summed E-state index contributed by atoms with van der Waals surface area (Å²) in [6.07, 6.45) is 0.286. The summed E-state index contributed by atoms with van der Waals surface area (Å²) in [6, 6.07) is 0. The lowest BCUT2D eigenvalue weighted by atomic mass is 10.2. The third-order valence-electron chi connectivity index (χ3n) is 2.17. The maximum atomic E-state index is 11.7. The number of carbonyl (C=O) groups is 2. The fourth-order valence-electron chi connectivity index (χ4n) is 1.43. The van der Waals surface area contributed by atoms with Crippen molar-refractivity contribution in [3.63, 3.8) is 0 Å². The average molecular weight is 253 g/mol. The first-order valence-corrected chi connectivity index (χ1v) is 5.41. The monoisotopic (exact) mass is 253 g/mol. The number of ether oxygens (including phenoxy) is 1. The Morgan fingerprint density at radius 2 is 2.06 bits per heavy atom. The molecule has 1 rings (SSSR count). The minimum Gasteiger partial charge on any atom is -0.466 e. The second-order valence-electron chi connectivity index (χ2n) is 3.75. The van der Waals surface area contributed by atoms with Gasteiger partial charge in [-0.2, -0.15) is 0 Å². The number of anilines is 1. The third-order valence-corrected chi connectivity index (χ3v) is 2.17. The number of aromatic amines is 1. The number of nitrogens with zero attached hydrogens (tertiary/aromatic N) is 1. The lowest BCUT2D eigenvalue weighted by Gasteiger charge is -2.07. The van der Waals surface area contributed by atoms with E-state index in [1.807, 2.05) is 0 Å². The van der Waals surface area contributed by atoms with Crippen LogP contribution < -0.4 is 10.9 Å². The van der Waals surface area contributed by atoms with Crippen LogP contribution >= 0.6 is 0 Å². The van der Waals surface area contributed by atoms with Gasteiger partial charge < -0.3 is 4.74 Å². The number of aryl methyl sites for hydroxylation is 1. The van der Waals surface area contributed by atoms with Crippen LogP contribution in [0.3, 0.4) is 0 Å². The number of esters is 1. The Labute approximate surface area is 104 Å². The van der Waals surface area contributed by atoms with Crippen molar-refractivity contribution in [1.29, 1.82) is 0 Å². The first-order chi connectivity index (χ1) is 8.40. The van der Waals surface area contributed by atoms with E-state index >= 15 is 0 Å². The molecule has 7 nitrogen and oxygen atoms in total. The SMILES string of the molecule is CC(=O)Nc1nc(C)c(CCOC(C)=O)c(=O)[nH]1. The van der Waals surface area contributed by atoms with Crippen LogP contribution in [0.15, 0.2) is 4.79 Å². The minimum atomic E-state index is -0.396. The number of hydrogen-bond donors (Lipinski definition) is 2. The predicted molar refractivity (Wildman–Crippen MR) is 64.2 cm³/mol. The Balaban J connectivity index is 2.84. The van der Waals surface area contributed by atoms with Crippen molar-refractivity contribution >= 4 is 17.8 Å². The highest BCUT2D eigenvalue weighted by Gasteiger charge is 2.09. The maximum absolute atomic E-state index is 11.7. The molecule has 1 heterocycles. The highest BCUT2D eigenvalue weighted by atomic mass is 16.5. The molecule has 0 atom stereocenters. The molecule has 0 bridgehead atoms. The van der Waals surface area contributed by atoms with E-state index in [1.165, 1.54) is 13.8 Å². The summed E-state index contributed by atoms with van der Waals surface area (Å²) in [5.41, 5.74) is 0.582. The summed E-state index contributed by atoms with van der Waals surface area (Å²) >= 11 is 0. The first kappa shape index (κ1) is 13.9. The van der Waals surface area contributed by atoms with Gasteiger partial charge in [-0.25, -0.2) is 4.98 Å². The zero-order chi connectivity index (χ0) is 13.7. The van der Waals surface area contributed by atoms with E-state index < -0.39 is 5.97 Å². The molecule has 0 unspecified atom stereocenters. The van der Waals surface area contributed by atoms with E-state index in [4.69, 9.17) is 4.74 Å². The van der Waals surface area contributed by atoms with Crippen LogP contribution in [-0.4, -0.2) is 28.5 Å². The lowest BCUT2D eigenvalue weighted by molar-refractivity contribution is -0.140. The van der Waals surface area contributed by atoms with Crippen LogP contribution in [0.1, 0.15) is 25.1 Å². The molecule has 0 fully saturated rings. The van der Waals surface area contributed by atoms with Gasteiger partial charge in [-0.15, -0.1) is 0 Å². The van der Waals surface area contributed by atoms with Crippen LogP contribution in [0.5, 0.6) is 0 Å². The number of carbonyl (C=O) groups excluding carboxylic acids is 2. The number of amides is 1. The Morgan fingerprint density at radius 1 is 1.39 bits per heavy atom. The summed E-state index contributed by atoms with van der Waals surface area (Å²) in [5, 5.41) is 2.40.